The molecule has 1 aliphatic heterocycles. The maximum atomic E-state index is 13.2. The topological polar surface area (TPSA) is 146 Å². The van der Waals surface area contributed by atoms with Crippen LogP contribution in [0.25, 0.3) is 17.1 Å². The fourth-order valence-electron chi connectivity index (χ4n) is 3.58. The normalized spacial score (nSPS) is 14.5. The second-order valence-corrected chi connectivity index (χ2v) is 7.81. The number of anilines is 2. The molecule has 1 aromatic carbocycles. The third-order valence-electron chi connectivity index (χ3n) is 5.31. The number of aliphatic hydroxyl groups excluding tert-OH is 2. The number of aliphatic hydroxyl groups is 2. The molecule has 35 heavy (non-hydrogen) atoms. The van der Waals surface area contributed by atoms with Crippen LogP contribution in [-0.2, 0) is 19.1 Å². The first-order valence-corrected chi connectivity index (χ1v) is 11.1. The maximum Gasteiger partial charge on any atom is 0.347 e. The molecule has 5 N–H and O–H groups in total. The first-order valence-electron chi connectivity index (χ1n) is 11.1. The van der Waals surface area contributed by atoms with E-state index < -0.39 is 11.8 Å². The van der Waals surface area contributed by atoms with Crippen molar-refractivity contribution in [2.45, 2.75) is 13.3 Å². The third kappa shape index (κ3) is 5.34. The first kappa shape index (κ1) is 24.0. The molecule has 0 radical (unpaired) electrons. The lowest BCUT2D eigenvalue weighted by Gasteiger charge is -2.13. The molecule has 182 valence electrons. The number of carbonyl (C=O) groups excluding carboxylic acids is 2. The van der Waals surface area contributed by atoms with Gasteiger partial charge in [0.1, 0.15) is 5.65 Å². The van der Waals surface area contributed by atoms with Gasteiger partial charge in [-0.1, -0.05) is 0 Å². The summed E-state index contributed by atoms with van der Waals surface area (Å²) in [5.41, 5.74) is 3.35. The van der Waals surface area contributed by atoms with Crippen molar-refractivity contribution in [1.29, 1.82) is 0 Å². The van der Waals surface area contributed by atoms with Gasteiger partial charge in [0, 0.05) is 54.3 Å². The molecule has 0 amide bonds. The van der Waals surface area contributed by atoms with Crippen molar-refractivity contribution in [3.63, 3.8) is 0 Å². The van der Waals surface area contributed by atoms with E-state index in [9.17, 15) is 9.59 Å². The molecular weight excluding hydrogens is 452 g/mol. The van der Waals surface area contributed by atoms with Gasteiger partial charge < -0.3 is 35.3 Å². The predicted octanol–water partition coefficient (Wildman–Crippen LogP) is 2.47. The van der Waals surface area contributed by atoms with Gasteiger partial charge in [-0.2, -0.15) is 0 Å². The Hall–Kier alpha value is -4.15. The van der Waals surface area contributed by atoms with E-state index in [0.717, 1.165) is 16.6 Å². The van der Waals surface area contributed by atoms with Gasteiger partial charge in [-0.15, -0.1) is 0 Å². The number of nitrogens with zero attached hydrogens (tertiary/aromatic N) is 1. The van der Waals surface area contributed by atoms with E-state index in [1.165, 1.54) is 0 Å². The molecule has 10 nitrogen and oxygen atoms in total. The molecule has 3 aromatic rings. The van der Waals surface area contributed by atoms with Crippen LogP contribution in [0.3, 0.4) is 0 Å². The van der Waals surface area contributed by atoms with Crippen LogP contribution in [0, 0.1) is 6.92 Å². The molecule has 0 fully saturated rings. The van der Waals surface area contributed by atoms with Crippen LogP contribution in [0.2, 0.25) is 0 Å². The van der Waals surface area contributed by atoms with Crippen molar-refractivity contribution in [3.8, 4) is 0 Å². The number of carbonyl (C=O) groups is 2. The second kappa shape index (κ2) is 10.9. The molecule has 4 rings (SSSR count). The number of aromatic amines is 1. The molecule has 0 bridgehead atoms. The fourth-order valence-corrected chi connectivity index (χ4v) is 3.58. The van der Waals surface area contributed by atoms with Crippen LogP contribution in [0.4, 0.5) is 11.4 Å². The van der Waals surface area contributed by atoms with Crippen molar-refractivity contribution in [2.75, 3.05) is 37.0 Å². The van der Waals surface area contributed by atoms with Crippen molar-refractivity contribution in [3.05, 3.63) is 71.1 Å². The van der Waals surface area contributed by atoms with Crippen LogP contribution in [0.15, 0.2) is 59.9 Å². The Morgan fingerprint density at radius 3 is 2.89 bits per heavy atom. The molecule has 0 unspecified atom stereocenters. The number of ether oxygens (including phenoxy) is 2. The number of fused-ring (bicyclic) bond motifs is 1. The van der Waals surface area contributed by atoms with Crippen LogP contribution >= 0.6 is 0 Å². The minimum atomic E-state index is -0.839. The Labute approximate surface area is 201 Å². The molecule has 0 spiro atoms. The number of hydrogen-bond donors (Lipinski definition) is 5. The average Bonchev–Trinajstić information content (AvgIpc) is 3.40. The number of esters is 1. The summed E-state index contributed by atoms with van der Waals surface area (Å²) in [7, 11) is 0. The molecule has 1 aliphatic rings. The Morgan fingerprint density at radius 2 is 2.11 bits per heavy atom. The summed E-state index contributed by atoms with van der Waals surface area (Å²) in [5.74, 6) is -1.52. The van der Waals surface area contributed by atoms with E-state index in [1.807, 2.05) is 19.1 Å². The number of aromatic nitrogens is 2. The molecule has 2 aromatic heterocycles. The number of H-pyrrole nitrogens is 1. The minimum Gasteiger partial charge on any atom is -0.462 e. The lowest BCUT2D eigenvalue weighted by molar-refractivity contribution is -0.140. The molecule has 0 saturated heterocycles. The fraction of sp³-hybridized carbons (Fsp3) is 0.240. The molecule has 0 aliphatic carbocycles. The largest absolute Gasteiger partial charge is 0.462 e. The van der Waals surface area contributed by atoms with Gasteiger partial charge in [-0.05, 0) is 48.9 Å². The van der Waals surface area contributed by atoms with Gasteiger partial charge in [0.15, 0.2) is 11.3 Å². The van der Waals surface area contributed by atoms with E-state index in [4.69, 9.17) is 19.7 Å². The number of hydrogen-bond acceptors (Lipinski definition) is 9. The zero-order chi connectivity index (χ0) is 24.8. The molecule has 10 heteroatoms. The zero-order valence-electron chi connectivity index (χ0n) is 19.1. The van der Waals surface area contributed by atoms with E-state index >= 15 is 0 Å². The summed E-state index contributed by atoms with van der Waals surface area (Å²) in [4.78, 5) is 33.2. The number of benzene rings is 1. The first-order chi connectivity index (χ1) is 17.0. The van der Waals surface area contributed by atoms with Crippen molar-refractivity contribution < 1.29 is 29.3 Å². The number of ketones is 1. The summed E-state index contributed by atoms with van der Waals surface area (Å²) < 4.78 is 11.0. The van der Waals surface area contributed by atoms with Gasteiger partial charge in [-0.3, -0.25) is 4.79 Å². The summed E-state index contributed by atoms with van der Waals surface area (Å²) in [5, 5.41) is 24.9. The quantitative estimate of drug-likeness (QED) is 0.128. The minimum absolute atomic E-state index is 0.00520. The van der Waals surface area contributed by atoms with Gasteiger partial charge in [0.2, 0.25) is 11.7 Å². The number of Topliss-reactive ketones (excluding diaryl/α,β-unsaturated/α-hetero) is 1. The molecule has 0 atom stereocenters. The number of rotatable bonds is 10. The average molecular weight is 479 g/mol. The highest BCUT2D eigenvalue weighted by molar-refractivity contribution is 6.26. The smallest absolute Gasteiger partial charge is 0.347 e. The van der Waals surface area contributed by atoms with Crippen LogP contribution < -0.4 is 10.6 Å². The van der Waals surface area contributed by atoms with Gasteiger partial charge in [0.05, 0.1) is 13.2 Å². The maximum absolute atomic E-state index is 13.2. The van der Waals surface area contributed by atoms with E-state index in [2.05, 4.69) is 20.6 Å². The molecular formula is C25H26N4O6. The SMILES string of the molecule is Cc1cc(NCCO)ccc1NC1=C(C(=O)OCCCO)C(=O)C(=Cc2c[nH]c3ncccc23)O1. The van der Waals surface area contributed by atoms with Crippen molar-refractivity contribution >= 4 is 40.2 Å². The number of nitrogens with one attached hydrogen (secondary N) is 3. The molecule has 0 saturated carbocycles. The number of allylic oxidation sites excluding steroid dienone is 1. The Morgan fingerprint density at radius 1 is 1.26 bits per heavy atom. The van der Waals surface area contributed by atoms with Crippen molar-refractivity contribution in [2.24, 2.45) is 0 Å². The second-order valence-electron chi connectivity index (χ2n) is 7.81. The number of aryl methyl sites for hydroxylation is 1. The summed E-state index contributed by atoms with van der Waals surface area (Å²) in [6.45, 7) is 2.11. The highest BCUT2D eigenvalue weighted by atomic mass is 16.5. The van der Waals surface area contributed by atoms with Crippen molar-refractivity contribution in [1.82, 2.24) is 9.97 Å². The monoisotopic (exact) mass is 478 g/mol. The lowest BCUT2D eigenvalue weighted by Crippen LogP contribution is -2.17. The summed E-state index contributed by atoms with van der Waals surface area (Å²) >= 11 is 0. The Kier molecular flexibility index (Phi) is 7.44. The van der Waals surface area contributed by atoms with E-state index in [-0.39, 0.29) is 43.5 Å². The Balaban J connectivity index is 1.64. The van der Waals surface area contributed by atoms with Crippen LogP contribution in [0.1, 0.15) is 17.5 Å². The lowest BCUT2D eigenvalue weighted by atomic mass is 10.1. The summed E-state index contributed by atoms with van der Waals surface area (Å²) in [6, 6.07) is 9.09. The van der Waals surface area contributed by atoms with Crippen LogP contribution in [-0.4, -0.2) is 58.3 Å². The summed E-state index contributed by atoms with van der Waals surface area (Å²) in [6.07, 6.45) is 5.16. The van der Waals surface area contributed by atoms with Gasteiger partial charge in [-0.25, -0.2) is 9.78 Å². The zero-order valence-corrected chi connectivity index (χ0v) is 19.1. The van der Waals surface area contributed by atoms with E-state index in [0.29, 0.717) is 23.4 Å². The van der Waals surface area contributed by atoms with E-state index in [1.54, 1.807) is 36.7 Å². The van der Waals surface area contributed by atoms with Gasteiger partial charge >= 0.3 is 5.97 Å². The standard InChI is InChI=1S/C25H26N4O6/c1-15-12-17(26-8-10-31)5-6-19(15)29-24-21(25(33)34-11-3-9-30)22(32)20(35-24)13-16-14-28-23-18(16)4-2-7-27-23/h2,4-7,12-14,26,29-31H,3,8-11H2,1H3,(H,27,28). The highest BCUT2D eigenvalue weighted by Gasteiger charge is 2.37. The predicted molar refractivity (Wildman–Crippen MR) is 130 cm³/mol. The van der Waals surface area contributed by atoms with Crippen LogP contribution in [0.5, 0.6) is 0 Å². The Bertz CT molecular complexity index is 1310. The third-order valence-corrected chi connectivity index (χ3v) is 5.31. The highest BCUT2D eigenvalue weighted by Crippen LogP contribution is 2.31. The van der Waals surface area contributed by atoms with Gasteiger partial charge in [0.25, 0.3) is 0 Å². The molecule has 3 heterocycles. The number of pyridine rings is 1.